The molecule has 16 nitrogen and oxygen atoms in total. The molecule has 1 fully saturated rings. The molecule has 5 N–H and O–H groups in total. The highest BCUT2D eigenvalue weighted by atomic mass is 32.2. The number of nitrogens with one attached hydrogen (secondary N) is 1. The van der Waals surface area contributed by atoms with Crippen molar-refractivity contribution in [2.45, 2.75) is 17.6 Å². The Morgan fingerprint density at radius 3 is 2.60 bits per heavy atom. The molecule has 2 aliphatic heterocycles. The molecule has 4 rings (SSSR count). The van der Waals surface area contributed by atoms with Crippen molar-refractivity contribution in [2.24, 2.45) is 10.9 Å². The number of hydrogen-bond donors (Lipinski definition) is 3. The summed E-state index contributed by atoms with van der Waals surface area (Å²) in [6, 6.07) is 3.72. The maximum absolute atomic E-state index is 13.6. The lowest BCUT2D eigenvalue weighted by Crippen LogP contribution is -2.71. The highest BCUT2D eigenvalue weighted by molar-refractivity contribution is 8.00. The number of rotatable bonds is 12. The van der Waals surface area contributed by atoms with Crippen LogP contribution in [0.5, 0.6) is 5.75 Å². The van der Waals surface area contributed by atoms with Gasteiger partial charge in [0, 0.05) is 29.3 Å². The third kappa shape index (κ3) is 8.65. The van der Waals surface area contributed by atoms with Gasteiger partial charge in [0.25, 0.3) is 11.8 Å². The van der Waals surface area contributed by atoms with Gasteiger partial charge in [0.15, 0.2) is 10.8 Å². The van der Waals surface area contributed by atoms with Crippen LogP contribution in [0, 0.1) is 5.82 Å². The number of oxime groups is 1. The first-order chi connectivity index (χ1) is 22.3. The number of amides is 2. The van der Waals surface area contributed by atoms with Crippen LogP contribution in [0.25, 0.3) is 0 Å². The maximum atomic E-state index is 13.6. The van der Waals surface area contributed by atoms with Gasteiger partial charge in [-0.05, 0) is 12.1 Å². The lowest BCUT2D eigenvalue weighted by Gasteiger charge is -2.49. The van der Waals surface area contributed by atoms with Crippen LogP contribution in [0.4, 0.5) is 27.5 Å². The summed E-state index contributed by atoms with van der Waals surface area (Å²) < 4.78 is 71.4. The van der Waals surface area contributed by atoms with Gasteiger partial charge >= 0.3 is 24.3 Å². The van der Waals surface area contributed by atoms with Gasteiger partial charge in [-0.15, -0.1) is 23.1 Å². The Morgan fingerprint density at radius 2 is 1.94 bits per heavy atom. The first-order valence-corrected chi connectivity index (χ1v) is 14.8. The molecule has 252 valence electrons. The molecule has 0 spiro atoms. The van der Waals surface area contributed by atoms with Crippen molar-refractivity contribution < 1.29 is 65.3 Å². The number of anilines is 1. The van der Waals surface area contributed by atoms with Crippen molar-refractivity contribution >= 4 is 63.9 Å². The number of halogens is 4. The van der Waals surface area contributed by atoms with E-state index in [9.17, 15) is 41.5 Å². The molecule has 2 atom stereocenters. The fourth-order valence-corrected chi connectivity index (χ4v) is 5.72. The molecular formula is C25H22F4N6O10S2. The maximum Gasteiger partial charge on any atom is 0.511 e. The molecule has 1 unspecified atom stereocenters. The first-order valence-electron chi connectivity index (χ1n) is 12.9. The van der Waals surface area contributed by atoms with E-state index in [1.807, 2.05) is 0 Å². The van der Waals surface area contributed by atoms with Gasteiger partial charge in [-0.2, -0.15) is 13.2 Å². The Bertz CT molecular complexity index is 1620. The molecule has 1 saturated heterocycles. The third-order valence-electron chi connectivity index (χ3n) is 5.87. The molecule has 0 aliphatic carbocycles. The molecule has 2 aromatic rings. The average molecular weight is 707 g/mol. The molecule has 1 aromatic heterocycles. The molecule has 0 saturated carbocycles. The van der Waals surface area contributed by atoms with Crippen molar-refractivity contribution in [3.05, 3.63) is 52.4 Å². The Kier molecular flexibility index (Phi) is 11.2. The molecular weight excluding hydrogens is 684 g/mol. The second kappa shape index (κ2) is 15.1. The van der Waals surface area contributed by atoms with Gasteiger partial charge in [0.2, 0.25) is 6.79 Å². The Labute approximate surface area is 268 Å². The molecule has 47 heavy (non-hydrogen) atoms. The molecule has 2 amide bonds. The number of alkyl halides is 3. The molecule has 22 heteroatoms. The smallest absolute Gasteiger partial charge is 0.489 e. The van der Waals surface area contributed by atoms with E-state index < -0.39 is 65.8 Å². The van der Waals surface area contributed by atoms with E-state index in [2.05, 4.69) is 29.8 Å². The number of hydrogen-bond acceptors (Lipinski definition) is 16. The van der Waals surface area contributed by atoms with Gasteiger partial charge in [-0.25, -0.2) is 23.8 Å². The van der Waals surface area contributed by atoms with Crippen LogP contribution in [-0.4, -0.2) is 95.4 Å². The number of thiazole rings is 1. The molecule has 3 heterocycles. The zero-order valence-corrected chi connectivity index (χ0v) is 25.1. The quantitative estimate of drug-likeness (QED) is 0.0533. The third-order valence-corrected chi connectivity index (χ3v) is 7.89. The van der Waals surface area contributed by atoms with Gasteiger partial charge in [-0.1, -0.05) is 11.2 Å². The number of benzene rings is 1. The summed E-state index contributed by atoms with van der Waals surface area (Å²) in [5, 5.41) is 5.35. The molecule has 1 aromatic carbocycles. The van der Waals surface area contributed by atoms with E-state index in [0.717, 1.165) is 39.4 Å². The minimum atomic E-state index is -5.43. The number of β-lactam (4-membered cyclic amide) rings is 1. The lowest BCUT2D eigenvalue weighted by atomic mass is 10.0. The predicted octanol–water partition coefficient (Wildman–Crippen LogP) is 1.02. The van der Waals surface area contributed by atoms with Gasteiger partial charge < -0.3 is 40.6 Å². The number of carbonyl (C=O) groups excluding carboxylic acids is 5. The van der Waals surface area contributed by atoms with Crippen LogP contribution in [0.15, 0.2) is 46.1 Å². The van der Waals surface area contributed by atoms with Crippen molar-refractivity contribution in [2.75, 3.05) is 38.0 Å². The summed E-state index contributed by atoms with van der Waals surface area (Å²) in [4.78, 5) is 70.9. The van der Waals surface area contributed by atoms with Crippen LogP contribution in [-0.2, 0) is 38.2 Å². The first kappa shape index (κ1) is 34.9. The van der Waals surface area contributed by atoms with Crippen molar-refractivity contribution in [1.82, 2.24) is 15.2 Å². The van der Waals surface area contributed by atoms with E-state index in [0.29, 0.717) is 0 Å². The van der Waals surface area contributed by atoms with Crippen LogP contribution in [0.3, 0.4) is 0 Å². The highest BCUT2D eigenvalue weighted by Gasteiger charge is 2.55. The standard InChI is InChI=1S/C25H22F4N6O10S2/c26-12-2-1-3-13(6-12)42-7-11-8-46-20-16(19(37)35(20)17(11)21(38)43-10-44-24(40)41-5-4-30)33-18(36)15(14-9-47-23(31)32-14)34-45-22(39)25(27,28)29/h1-3,6,9,16,20H,4-5,7-8,10,30H2,(H2,31,32)(H,33,36)/t16?,20-/m0/s1. The van der Waals surface area contributed by atoms with Gasteiger partial charge in [0.1, 0.15) is 47.6 Å². The van der Waals surface area contributed by atoms with Crippen LogP contribution < -0.4 is 21.5 Å². The van der Waals surface area contributed by atoms with E-state index >= 15 is 0 Å². The fraction of sp³-hybridized carbons (Fsp3) is 0.320. The number of nitrogens with two attached hydrogens (primary N) is 2. The average Bonchev–Trinajstić information content (AvgIpc) is 3.46. The monoisotopic (exact) mass is 706 g/mol. The largest absolute Gasteiger partial charge is 0.511 e. The van der Waals surface area contributed by atoms with Crippen LogP contribution in [0.1, 0.15) is 5.69 Å². The van der Waals surface area contributed by atoms with Crippen molar-refractivity contribution in [3.63, 3.8) is 0 Å². The number of esters is 1. The van der Waals surface area contributed by atoms with Gasteiger partial charge in [0.05, 0.1) is 0 Å². The highest BCUT2D eigenvalue weighted by Crippen LogP contribution is 2.41. The summed E-state index contributed by atoms with van der Waals surface area (Å²) in [5.41, 5.74) is 9.37. The number of carbonyl (C=O) groups is 5. The zero-order chi connectivity index (χ0) is 34.3. The number of fused-ring (bicyclic) bond motifs is 1. The number of nitrogens with zero attached hydrogens (tertiary/aromatic N) is 3. The number of nitrogen functional groups attached to an aromatic ring is 1. The summed E-state index contributed by atoms with van der Waals surface area (Å²) in [5.74, 6) is -6.49. The molecule has 2 aliphatic rings. The summed E-state index contributed by atoms with van der Waals surface area (Å²) >= 11 is 1.85. The summed E-state index contributed by atoms with van der Waals surface area (Å²) in [7, 11) is 0. The molecule has 0 radical (unpaired) electrons. The fourth-order valence-electron chi connectivity index (χ4n) is 3.84. The summed E-state index contributed by atoms with van der Waals surface area (Å²) in [6.07, 6.45) is -6.62. The minimum absolute atomic E-state index is 0.00667. The lowest BCUT2D eigenvalue weighted by molar-refractivity contribution is -0.199. The van der Waals surface area contributed by atoms with E-state index in [1.165, 1.54) is 18.2 Å². The summed E-state index contributed by atoms with van der Waals surface area (Å²) in [6.45, 7) is -1.40. The zero-order valence-electron chi connectivity index (χ0n) is 23.5. The Balaban J connectivity index is 1.53. The van der Waals surface area contributed by atoms with Crippen LogP contribution in [0.2, 0.25) is 0 Å². The second-order valence-electron chi connectivity index (χ2n) is 9.03. The Morgan fingerprint density at radius 1 is 1.17 bits per heavy atom. The number of ether oxygens (including phenoxy) is 4. The minimum Gasteiger partial charge on any atom is -0.489 e. The van der Waals surface area contributed by atoms with E-state index in [-0.39, 0.29) is 53.4 Å². The van der Waals surface area contributed by atoms with Crippen LogP contribution >= 0.6 is 23.1 Å². The Hall–Kier alpha value is -4.96. The SMILES string of the molecule is NCCOC(=O)OCOC(=O)C1=C(COc2cccc(F)c2)CS[C@H]2C(NC(=O)C(=NOC(=O)C(F)(F)F)c3csc(N)n3)C(=O)N12. The topological polar surface area (TPSA) is 224 Å². The number of thioether (sulfide) groups is 1. The van der Waals surface area contributed by atoms with Crippen molar-refractivity contribution in [3.8, 4) is 5.75 Å². The van der Waals surface area contributed by atoms with E-state index in [4.69, 9.17) is 20.9 Å². The normalized spacial score (nSPS) is 17.7. The molecule has 0 bridgehead atoms. The predicted molar refractivity (Wildman–Crippen MR) is 152 cm³/mol. The van der Waals surface area contributed by atoms with Crippen molar-refractivity contribution in [1.29, 1.82) is 0 Å². The number of aromatic nitrogens is 1. The second-order valence-corrected chi connectivity index (χ2v) is 11.0. The van der Waals surface area contributed by atoms with E-state index in [1.54, 1.807) is 0 Å². The van der Waals surface area contributed by atoms with Gasteiger partial charge in [-0.3, -0.25) is 14.5 Å².